The van der Waals surface area contributed by atoms with Crippen LogP contribution in [0.4, 0.5) is 0 Å². The standard InChI is InChI=1S/C17H14S/c1-3-7-13-12(4-2)10-11-15-14-8-5-6-9-16(14)18-17(13)15/h3-11H,2H2,1H3/b7-3-. The van der Waals surface area contributed by atoms with Crippen molar-refractivity contribution in [3.63, 3.8) is 0 Å². The van der Waals surface area contributed by atoms with Gasteiger partial charge >= 0.3 is 0 Å². The number of benzene rings is 2. The predicted molar refractivity (Wildman–Crippen MR) is 84.1 cm³/mol. The second-order valence-corrected chi connectivity index (χ2v) is 5.30. The van der Waals surface area contributed by atoms with Crippen LogP contribution < -0.4 is 0 Å². The molecule has 0 radical (unpaired) electrons. The molecule has 0 aliphatic carbocycles. The van der Waals surface area contributed by atoms with Crippen molar-refractivity contribution in [1.82, 2.24) is 0 Å². The zero-order valence-corrected chi connectivity index (χ0v) is 11.1. The summed E-state index contributed by atoms with van der Waals surface area (Å²) in [6.07, 6.45) is 6.19. The lowest BCUT2D eigenvalue weighted by atomic mass is 10.0. The lowest BCUT2D eigenvalue weighted by molar-refractivity contribution is 1.70. The number of fused-ring (bicyclic) bond motifs is 3. The Hall–Kier alpha value is -1.86. The second-order valence-electron chi connectivity index (χ2n) is 4.25. The van der Waals surface area contributed by atoms with Crippen LogP contribution in [0.3, 0.4) is 0 Å². The van der Waals surface area contributed by atoms with Crippen LogP contribution in [-0.2, 0) is 0 Å². The molecule has 0 fully saturated rings. The molecule has 88 valence electrons. The molecule has 1 aromatic heterocycles. The van der Waals surface area contributed by atoms with Gasteiger partial charge in [-0.3, -0.25) is 0 Å². The topological polar surface area (TPSA) is 0 Å². The molecule has 1 heterocycles. The molecule has 0 N–H and O–H groups in total. The summed E-state index contributed by atoms with van der Waals surface area (Å²) in [6, 6.07) is 12.9. The fourth-order valence-corrected chi connectivity index (χ4v) is 3.58. The molecule has 3 rings (SSSR count). The van der Waals surface area contributed by atoms with E-state index in [-0.39, 0.29) is 0 Å². The van der Waals surface area contributed by atoms with Gasteiger partial charge < -0.3 is 0 Å². The maximum Gasteiger partial charge on any atom is 0.0433 e. The molecule has 0 amide bonds. The molecule has 0 saturated heterocycles. The van der Waals surface area contributed by atoms with Gasteiger partial charge in [0.1, 0.15) is 0 Å². The Bertz CT molecular complexity index is 760. The smallest absolute Gasteiger partial charge is 0.0433 e. The normalized spacial score (nSPS) is 11.6. The van der Waals surface area contributed by atoms with E-state index in [0.717, 1.165) is 0 Å². The summed E-state index contributed by atoms with van der Waals surface area (Å²) >= 11 is 1.86. The highest BCUT2D eigenvalue weighted by atomic mass is 32.1. The number of thiophene rings is 1. The minimum Gasteiger partial charge on any atom is -0.135 e. The van der Waals surface area contributed by atoms with Gasteiger partial charge in [-0.25, -0.2) is 0 Å². The average molecular weight is 250 g/mol. The molecule has 1 heteroatoms. The third-order valence-electron chi connectivity index (χ3n) is 3.17. The zero-order chi connectivity index (χ0) is 12.5. The first kappa shape index (κ1) is 11.2. The van der Waals surface area contributed by atoms with E-state index in [4.69, 9.17) is 0 Å². The molecule has 3 aromatic rings. The van der Waals surface area contributed by atoms with Crippen LogP contribution in [0.2, 0.25) is 0 Å². The van der Waals surface area contributed by atoms with E-state index in [1.54, 1.807) is 0 Å². The third kappa shape index (κ3) is 1.59. The lowest BCUT2D eigenvalue weighted by Gasteiger charge is -2.02. The molecule has 0 aliphatic heterocycles. The van der Waals surface area contributed by atoms with Gasteiger partial charge in [0.15, 0.2) is 0 Å². The van der Waals surface area contributed by atoms with Gasteiger partial charge in [-0.2, -0.15) is 0 Å². The molecular formula is C17H14S. The van der Waals surface area contributed by atoms with Gasteiger partial charge in [-0.1, -0.05) is 55.1 Å². The van der Waals surface area contributed by atoms with E-state index in [1.807, 2.05) is 17.4 Å². The molecule has 0 saturated carbocycles. The first-order chi connectivity index (χ1) is 8.85. The summed E-state index contributed by atoms with van der Waals surface area (Å²) in [5, 5.41) is 2.69. The second kappa shape index (κ2) is 4.43. The highest BCUT2D eigenvalue weighted by molar-refractivity contribution is 7.26. The van der Waals surface area contributed by atoms with Crippen LogP contribution in [0.25, 0.3) is 32.3 Å². The van der Waals surface area contributed by atoms with E-state index in [0.29, 0.717) is 0 Å². The van der Waals surface area contributed by atoms with Crippen LogP contribution >= 0.6 is 11.3 Å². The number of hydrogen-bond donors (Lipinski definition) is 0. The molecular weight excluding hydrogens is 236 g/mol. The molecule has 0 nitrogen and oxygen atoms in total. The third-order valence-corrected chi connectivity index (χ3v) is 4.39. The number of allylic oxidation sites excluding steroid dienone is 1. The van der Waals surface area contributed by atoms with Crippen molar-refractivity contribution in [3.8, 4) is 0 Å². The summed E-state index contributed by atoms with van der Waals surface area (Å²) in [5.74, 6) is 0. The summed E-state index contributed by atoms with van der Waals surface area (Å²) in [7, 11) is 0. The molecule has 0 bridgehead atoms. The van der Waals surface area contributed by atoms with Crippen LogP contribution in [0.5, 0.6) is 0 Å². The van der Waals surface area contributed by atoms with Gasteiger partial charge in [0, 0.05) is 20.2 Å². The van der Waals surface area contributed by atoms with E-state index >= 15 is 0 Å². The minimum atomic E-state index is 1.20. The Morgan fingerprint density at radius 2 is 1.89 bits per heavy atom. The Labute approximate surface area is 111 Å². The Kier molecular flexibility index (Phi) is 2.77. The molecule has 18 heavy (non-hydrogen) atoms. The number of hydrogen-bond acceptors (Lipinski definition) is 1. The van der Waals surface area contributed by atoms with Crippen molar-refractivity contribution in [2.45, 2.75) is 6.92 Å². The van der Waals surface area contributed by atoms with E-state index in [1.165, 1.54) is 31.3 Å². The summed E-state index contributed by atoms with van der Waals surface area (Å²) in [6.45, 7) is 5.96. The summed E-state index contributed by atoms with van der Waals surface area (Å²) in [4.78, 5) is 0. The maximum absolute atomic E-state index is 3.91. The zero-order valence-electron chi connectivity index (χ0n) is 10.3. The quantitative estimate of drug-likeness (QED) is 0.544. The fourth-order valence-electron chi connectivity index (χ4n) is 2.34. The van der Waals surface area contributed by atoms with Crippen molar-refractivity contribution >= 4 is 43.7 Å². The van der Waals surface area contributed by atoms with E-state index in [9.17, 15) is 0 Å². The average Bonchev–Trinajstić information content (AvgIpc) is 2.78. The highest BCUT2D eigenvalue weighted by Crippen LogP contribution is 2.37. The van der Waals surface area contributed by atoms with Crippen LogP contribution in [0, 0.1) is 0 Å². The van der Waals surface area contributed by atoms with Crippen molar-refractivity contribution in [1.29, 1.82) is 0 Å². The monoisotopic (exact) mass is 250 g/mol. The molecule has 0 atom stereocenters. The van der Waals surface area contributed by atoms with Crippen molar-refractivity contribution < 1.29 is 0 Å². The van der Waals surface area contributed by atoms with Crippen LogP contribution in [0.15, 0.2) is 49.1 Å². The van der Waals surface area contributed by atoms with Gasteiger partial charge in [0.2, 0.25) is 0 Å². The summed E-state index contributed by atoms with van der Waals surface area (Å²) < 4.78 is 2.70. The minimum absolute atomic E-state index is 1.20. The molecule has 2 aromatic carbocycles. The van der Waals surface area contributed by atoms with Crippen LogP contribution in [0.1, 0.15) is 18.1 Å². The first-order valence-corrected chi connectivity index (χ1v) is 6.86. The van der Waals surface area contributed by atoms with Gasteiger partial charge in [-0.15, -0.1) is 11.3 Å². The number of rotatable bonds is 2. The Morgan fingerprint density at radius 1 is 1.06 bits per heavy atom. The molecule has 0 aliphatic rings. The van der Waals surface area contributed by atoms with Gasteiger partial charge in [-0.05, 0) is 24.1 Å². The van der Waals surface area contributed by atoms with E-state index < -0.39 is 0 Å². The van der Waals surface area contributed by atoms with Gasteiger partial charge in [0.25, 0.3) is 0 Å². The van der Waals surface area contributed by atoms with Crippen molar-refractivity contribution in [3.05, 3.63) is 60.2 Å². The highest BCUT2D eigenvalue weighted by Gasteiger charge is 2.09. The van der Waals surface area contributed by atoms with E-state index in [2.05, 4.69) is 62.1 Å². The molecule has 0 spiro atoms. The van der Waals surface area contributed by atoms with Crippen LogP contribution in [-0.4, -0.2) is 0 Å². The van der Waals surface area contributed by atoms with Gasteiger partial charge in [0.05, 0.1) is 0 Å². The SMILES string of the molecule is C=Cc1ccc2c(sc3ccccc32)c1/C=C\C. The Balaban J connectivity index is 2.50. The molecule has 0 unspecified atom stereocenters. The largest absolute Gasteiger partial charge is 0.135 e. The predicted octanol–water partition coefficient (Wildman–Crippen LogP) is 5.73. The summed E-state index contributed by atoms with van der Waals surface area (Å²) in [5.41, 5.74) is 2.48. The first-order valence-electron chi connectivity index (χ1n) is 6.04. The lowest BCUT2D eigenvalue weighted by Crippen LogP contribution is -1.80. The Morgan fingerprint density at radius 3 is 2.67 bits per heavy atom. The van der Waals surface area contributed by atoms with Crippen molar-refractivity contribution in [2.24, 2.45) is 0 Å². The van der Waals surface area contributed by atoms with Crippen molar-refractivity contribution in [2.75, 3.05) is 0 Å². The maximum atomic E-state index is 3.91. The fraction of sp³-hybridized carbons (Fsp3) is 0.0588.